The molecule has 0 spiro atoms. The lowest BCUT2D eigenvalue weighted by Gasteiger charge is -2.11. The third-order valence-electron chi connectivity index (χ3n) is 7.54. The molecule has 0 fully saturated rings. The van der Waals surface area contributed by atoms with E-state index in [2.05, 4.69) is 78.9 Å². The van der Waals surface area contributed by atoms with E-state index < -0.39 is 0 Å². The van der Waals surface area contributed by atoms with Crippen LogP contribution in [0.2, 0.25) is 0 Å². The highest BCUT2D eigenvalue weighted by Gasteiger charge is 2.17. The van der Waals surface area contributed by atoms with Crippen LogP contribution in [-0.4, -0.2) is 15.0 Å². The van der Waals surface area contributed by atoms with E-state index in [1.54, 1.807) is 0 Å². The molecule has 8 rings (SSSR count). The summed E-state index contributed by atoms with van der Waals surface area (Å²) in [5.74, 6) is 1.89. The molecule has 6 aromatic carbocycles. The second kappa shape index (κ2) is 9.54. The minimum Gasteiger partial charge on any atom is -0.455 e. The highest BCUT2D eigenvalue weighted by molar-refractivity contribution is 6.17. The zero-order valence-corrected chi connectivity index (χ0v) is 22.0. The Kier molecular flexibility index (Phi) is 5.42. The quantitative estimate of drug-likeness (QED) is 0.230. The van der Waals surface area contributed by atoms with E-state index in [1.807, 2.05) is 60.7 Å². The van der Waals surface area contributed by atoms with Crippen LogP contribution in [0.25, 0.3) is 78.0 Å². The molecule has 0 unspecified atom stereocenters. The summed E-state index contributed by atoms with van der Waals surface area (Å²) in [4.78, 5) is 15.0. The molecule has 4 heteroatoms. The van der Waals surface area contributed by atoms with Crippen molar-refractivity contribution >= 4 is 32.7 Å². The molecule has 2 heterocycles. The Hall–Kier alpha value is -5.61. The Balaban J connectivity index is 1.35. The van der Waals surface area contributed by atoms with Gasteiger partial charge in [0.2, 0.25) is 0 Å². The molecule has 0 aliphatic carbocycles. The predicted molar refractivity (Wildman–Crippen MR) is 166 cm³/mol. The number of hydrogen-bond acceptors (Lipinski definition) is 4. The van der Waals surface area contributed by atoms with Gasteiger partial charge in [-0.1, -0.05) is 121 Å². The van der Waals surface area contributed by atoms with Crippen LogP contribution in [0, 0.1) is 0 Å². The molecule has 0 saturated carbocycles. The highest BCUT2D eigenvalue weighted by atomic mass is 16.3. The van der Waals surface area contributed by atoms with E-state index in [1.165, 1.54) is 0 Å². The summed E-state index contributed by atoms with van der Waals surface area (Å²) in [6, 6.07) is 47.5. The van der Waals surface area contributed by atoms with Gasteiger partial charge in [0.25, 0.3) is 0 Å². The number of nitrogens with zero attached hydrogens (tertiary/aromatic N) is 3. The number of fused-ring (bicyclic) bond motifs is 5. The molecule has 0 N–H and O–H groups in total. The van der Waals surface area contributed by atoms with Gasteiger partial charge in [0.05, 0.1) is 0 Å². The van der Waals surface area contributed by atoms with Gasteiger partial charge in [0, 0.05) is 32.8 Å². The molecular weight excluding hydrogens is 502 g/mol. The van der Waals surface area contributed by atoms with Gasteiger partial charge >= 0.3 is 0 Å². The summed E-state index contributed by atoms with van der Waals surface area (Å²) in [7, 11) is 0. The van der Waals surface area contributed by atoms with Crippen LogP contribution < -0.4 is 0 Å². The first-order valence-electron chi connectivity index (χ1n) is 13.6. The standard InChI is InChI=1S/C37H23N3O/c1-3-11-24(12-4-1)26-15-9-16-27(23-26)36-38-35(25-13-5-2-6-14-25)39-37(40-36)32-19-10-18-30-28(32)21-22-31-29-17-7-8-20-33(29)41-34(30)31/h1-23H. The number of rotatable bonds is 4. The van der Waals surface area contributed by atoms with Crippen molar-refractivity contribution in [1.29, 1.82) is 0 Å². The van der Waals surface area contributed by atoms with Crippen LogP contribution in [0.15, 0.2) is 144 Å². The number of hydrogen-bond donors (Lipinski definition) is 0. The van der Waals surface area contributed by atoms with Crippen molar-refractivity contribution in [3.05, 3.63) is 140 Å². The van der Waals surface area contributed by atoms with Crippen LogP contribution in [0.3, 0.4) is 0 Å². The average molecular weight is 526 g/mol. The fraction of sp³-hybridized carbons (Fsp3) is 0. The number of benzene rings is 6. The Morgan fingerprint density at radius 1 is 0.366 bits per heavy atom. The first-order valence-corrected chi connectivity index (χ1v) is 13.6. The van der Waals surface area contributed by atoms with Crippen molar-refractivity contribution in [2.24, 2.45) is 0 Å². The van der Waals surface area contributed by atoms with Crippen molar-refractivity contribution in [3.8, 4) is 45.3 Å². The molecular formula is C37H23N3O. The summed E-state index contributed by atoms with van der Waals surface area (Å²) in [6.45, 7) is 0. The number of aromatic nitrogens is 3. The Morgan fingerprint density at radius 2 is 0.927 bits per heavy atom. The van der Waals surface area contributed by atoms with Crippen molar-refractivity contribution < 1.29 is 4.42 Å². The van der Waals surface area contributed by atoms with Gasteiger partial charge in [0.1, 0.15) is 11.2 Å². The zero-order chi connectivity index (χ0) is 27.2. The minimum atomic E-state index is 0.625. The maximum Gasteiger partial charge on any atom is 0.164 e. The van der Waals surface area contributed by atoms with E-state index in [0.29, 0.717) is 17.5 Å². The molecule has 192 valence electrons. The third kappa shape index (κ3) is 4.05. The normalized spacial score (nSPS) is 11.4. The number of para-hydroxylation sites is 1. The summed E-state index contributed by atoms with van der Waals surface area (Å²) in [5.41, 5.74) is 6.83. The molecule has 0 atom stereocenters. The van der Waals surface area contributed by atoms with Crippen LogP contribution in [0.1, 0.15) is 0 Å². The van der Waals surface area contributed by atoms with Crippen molar-refractivity contribution in [2.75, 3.05) is 0 Å². The van der Waals surface area contributed by atoms with Crippen LogP contribution in [-0.2, 0) is 0 Å². The molecule has 8 aromatic rings. The smallest absolute Gasteiger partial charge is 0.164 e. The Bertz CT molecular complexity index is 2200. The van der Waals surface area contributed by atoms with Crippen LogP contribution in [0.4, 0.5) is 0 Å². The molecule has 0 aliphatic rings. The molecule has 0 saturated heterocycles. The molecule has 2 aromatic heterocycles. The van der Waals surface area contributed by atoms with Crippen molar-refractivity contribution in [3.63, 3.8) is 0 Å². The summed E-state index contributed by atoms with van der Waals surface area (Å²) < 4.78 is 6.34. The van der Waals surface area contributed by atoms with Crippen molar-refractivity contribution in [2.45, 2.75) is 0 Å². The second-order valence-corrected chi connectivity index (χ2v) is 10.1. The Labute approximate surface area is 236 Å². The molecule has 0 amide bonds. The monoisotopic (exact) mass is 525 g/mol. The van der Waals surface area contributed by atoms with Crippen molar-refractivity contribution in [1.82, 2.24) is 15.0 Å². The zero-order valence-electron chi connectivity index (χ0n) is 22.0. The third-order valence-corrected chi connectivity index (χ3v) is 7.54. The minimum absolute atomic E-state index is 0.625. The fourth-order valence-corrected chi connectivity index (χ4v) is 5.55. The SMILES string of the molecule is c1ccc(-c2cccc(-c3nc(-c4ccccc4)nc(-c4cccc5c4ccc4c6ccccc6oc54)n3)c2)cc1. The summed E-state index contributed by atoms with van der Waals surface area (Å²) in [5, 5.41) is 4.28. The van der Waals surface area contributed by atoms with E-state index in [4.69, 9.17) is 19.4 Å². The highest BCUT2D eigenvalue weighted by Crippen LogP contribution is 2.37. The lowest BCUT2D eigenvalue weighted by Crippen LogP contribution is -2.00. The molecule has 0 aliphatic heterocycles. The lowest BCUT2D eigenvalue weighted by molar-refractivity contribution is 0.672. The first-order chi connectivity index (χ1) is 20.3. The molecule has 41 heavy (non-hydrogen) atoms. The summed E-state index contributed by atoms with van der Waals surface area (Å²) in [6.07, 6.45) is 0. The van der Waals surface area contributed by atoms with Crippen LogP contribution in [0.5, 0.6) is 0 Å². The van der Waals surface area contributed by atoms with Gasteiger partial charge < -0.3 is 4.42 Å². The molecule has 4 nitrogen and oxygen atoms in total. The van der Waals surface area contributed by atoms with Gasteiger partial charge in [0.15, 0.2) is 17.5 Å². The van der Waals surface area contributed by atoms with Gasteiger partial charge in [-0.05, 0) is 34.7 Å². The van der Waals surface area contributed by atoms with Gasteiger partial charge in [-0.15, -0.1) is 0 Å². The fourth-order valence-electron chi connectivity index (χ4n) is 5.55. The van der Waals surface area contributed by atoms with E-state index in [0.717, 1.165) is 60.5 Å². The van der Waals surface area contributed by atoms with Gasteiger partial charge in [-0.25, -0.2) is 15.0 Å². The van der Waals surface area contributed by atoms with Gasteiger partial charge in [-0.2, -0.15) is 0 Å². The second-order valence-electron chi connectivity index (χ2n) is 10.1. The topological polar surface area (TPSA) is 51.8 Å². The number of furan rings is 1. The Morgan fingerprint density at radius 3 is 1.76 bits per heavy atom. The lowest BCUT2D eigenvalue weighted by atomic mass is 10.0. The van der Waals surface area contributed by atoms with E-state index in [-0.39, 0.29) is 0 Å². The summed E-state index contributed by atoms with van der Waals surface area (Å²) >= 11 is 0. The molecule has 0 bridgehead atoms. The predicted octanol–water partition coefficient (Wildman–Crippen LogP) is 9.59. The van der Waals surface area contributed by atoms with E-state index in [9.17, 15) is 0 Å². The van der Waals surface area contributed by atoms with Gasteiger partial charge in [-0.3, -0.25) is 0 Å². The van der Waals surface area contributed by atoms with E-state index >= 15 is 0 Å². The first kappa shape index (κ1) is 23.3. The molecule has 0 radical (unpaired) electrons. The maximum atomic E-state index is 6.34. The average Bonchev–Trinajstić information content (AvgIpc) is 3.44. The van der Waals surface area contributed by atoms with Crippen LogP contribution >= 0.6 is 0 Å². The largest absolute Gasteiger partial charge is 0.455 e. The maximum absolute atomic E-state index is 6.34.